The lowest BCUT2D eigenvalue weighted by Gasteiger charge is -2.24. The molecule has 2 N–H and O–H groups in total. The number of hydrogen-bond acceptors (Lipinski definition) is 6. The van der Waals surface area contributed by atoms with Crippen molar-refractivity contribution in [3.05, 3.63) is 24.3 Å². The molecule has 2 unspecified atom stereocenters. The molecule has 0 amide bonds. The third-order valence-corrected chi connectivity index (χ3v) is 12.2. The molecule has 0 aromatic rings. The number of quaternary nitrogens is 1. The molecule has 0 spiro atoms. The van der Waals surface area contributed by atoms with Gasteiger partial charge in [-0.3, -0.25) is 13.8 Å². The Bertz CT molecular complexity index is 998. The monoisotopic (exact) mass is 857 g/mol. The summed E-state index contributed by atoms with van der Waals surface area (Å²) in [5.74, 6) is -0.366. The number of unbranched alkanes of at least 4 members (excludes halogenated alkanes) is 32. The quantitative estimate of drug-likeness (QED) is 0.0207. The van der Waals surface area contributed by atoms with Crippen molar-refractivity contribution in [2.24, 2.45) is 0 Å². The lowest BCUT2D eigenvalue weighted by atomic mass is 10.0. The van der Waals surface area contributed by atoms with Crippen LogP contribution in [-0.4, -0.2) is 74.1 Å². The average Bonchev–Trinajstić information content (AvgIpc) is 3.19. The highest BCUT2D eigenvalue weighted by molar-refractivity contribution is 7.47. The number of hydrogen-bond donors (Lipinski definition) is 2. The molecule has 0 heterocycles. The summed E-state index contributed by atoms with van der Waals surface area (Å²) in [6.07, 6.45) is 55.5. The summed E-state index contributed by atoms with van der Waals surface area (Å²) in [5, 5.41) is 9.93. The van der Waals surface area contributed by atoms with Gasteiger partial charge in [0, 0.05) is 6.42 Å². The molecule has 0 fully saturated rings. The van der Waals surface area contributed by atoms with Crippen molar-refractivity contribution in [2.75, 3.05) is 47.5 Å². The number of carbonyl (C=O) groups is 1. The van der Waals surface area contributed by atoms with Crippen LogP contribution in [0.3, 0.4) is 0 Å². The van der Waals surface area contributed by atoms with Crippen LogP contribution < -0.4 is 0 Å². The molecule has 0 aliphatic rings. The van der Waals surface area contributed by atoms with Crippen molar-refractivity contribution < 1.29 is 37.6 Å². The topological polar surface area (TPSA) is 102 Å². The van der Waals surface area contributed by atoms with E-state index < -0.39 is 20.5 Å². The molecular formula is C50H99NO7P+. The zero-order valence-corrected chi connectivity index (χ0v) is 40.4. The number of aliphatic hydroxyl groups is 1. The van der Waals surface area contributed by atoms with Gasteiger partial charge >= 0.3 is 13.8 Å². The van der Waals surface area contributed by atoms with Crippen LogP contribution in [0.4, 0.5) is 0 Å². The first kappa shape index (κ1) is 58.0. The zero-order chi connectivity index (χ0) is 43.4. The number of aliphatic hydroxyl groups excluding tert-OH is 1. The fourth-order valence-electron chi connectivity index (χ4n) is 7.28. The first-order valence-corrected chi connectivity index (χ1v) is 26.6. The Morgan fingerprint density at radius 2 is 0.881 bits per heavy atom. The smallest absolute Gasteiger partial charge is 0.463 e. The van der Waals surface area contributed by atoms with E-state index in [0.717, 1.165) is 25.7 Å². The zero-order valence-electron chi connectivity index (χ0n) is 39.5. The van der Waals surface area contributed by atoms with Gasteiger partial charge in [-0.15, -0.1) is 0 Å². The van der Waals surface area contributed by atoms with E-state index in [0.29, 0.717) is 17.4 Å². The van der Waals surface area contributed by atoms with Crippen LogP contribution in [0.1, 0.15) is 238 Å². The summed E-state index contributed by atoms with van der Waals surface area (Å²) in [6.45, 7) is 2.16. The van der Waals surface area contributed by atoms with Gasteiger partial charge in [0.1, 0.15) is 25.9 Å². The highest BCUT2D eigenvalue weighted by Crippen LogP contribution is 2.43. The molecule has 0 aliphatic carbocycles. The van der Waals surface area contributed by atoms with E-state index in [-0.39, 0.29) is 19.2 Å². The first-order chi connectivity index (χ1) is 28.6. The Labute approximate surface area is 366 Å². The van der Waals surface area contributed by atoms with Crippen LogP contribution in [0, 0.1) is 0 Å². The molecule has 0 aromatic carbocycles. The summed E-state index contributed by atoms with van der Waals surface area (Å²) in [5.41, 5.74) is 0. The second-order valence-electron chi connectivity index (χ2n) is 18.4. The number of phosphoric acid groups is 1. The SMILES string of the molecule is CCCCCCC/C=C\C/C=C\CCCCCCCCCCCCCCCCCCCCCCCCCCCCCC(=O)OCC(O)COP(=O)(O)OCC[N+](C)(C)C. The fraction of sp³-hybridized carbons (Fsp3) is 0.900. The fourth-order valence-corrected chi connectivity index (χ4v) is 8.03. The number of likely N-dealkylation sites (N-methyl/N-ethyl adjacent to an activating group) is 1. The second-order valence-corrected chi connectivity index (χ2v) is 19.9. The largest absolute Gasteiger partial charge is 0.472 e. The Kier molecular flexibility index (Phi) is 42.9. The number of rotatable bonds is 47. The highest BCUT2D eigenvalue weighted by Gasteiger charge is 2.24. The minimum atomic E-state index is -4.25. The minimum absolute atomic E-state index is 0.0565. The molecule has 0 bridgehead atoms. The molecule has 2 atom stereocenters. The second kappa shape index (κ2) is 43.6. The molecule has 350 valence electrons. The summed E-state index contributed by atoms with van der Waals surface area (Å²) in [6, 6.07) is 0. The van der Waals surface area contributed by atoms with Gasteiger partial charge in [0.05, 0.1) is 27.7 Å². The maximum absolute atomic E-state index is 12.0. The van der Waals surface area contributed by atoms with Crippen LogP contribution in [0.5, 0.6) is 0 Å². The number of allylic oxidation sites excluding steroid dienone is 4. The van der Waals surface area contributed by atoms with Crippen LogP contribution in [0.15, 0.2) is 24.3 Å². The van der Waals surface area contributed by atoms with Gasteiger partial charge in [-0.1, -0.05) is 217 Å². The third-order valence-electron chi connectivity index (χ3n) is 11.2. The molecule has 59 heavy (non-hydrogen) atoms. The van der Waals surface area contributed by atoms with Crippen molar-refractivity contribution in [2.45, 2.75) is 244 Å². The van der Waals surface area contributed by atoms with Gasteiger partial charge in [0.25, 0.3) is 0 Å². The number of ether oxygens (including phenoxy) is 1. The van der Waals surface area contributed by atoms with Gasteiger partial charge in [-0.2, -0.15) is 0 Å². The molecule has 0 rings (SSSR count). The Balaban J connectivity index is 3.29. The molecular weight excluding hydrogens is 758 g/mol. The van der Waals surface area contributed by atoms with Crippen molar-refractivity contribution in [3.8, 4) is 0 Å². The van der Waals surface area contributed by atoms with E-state index in [1.807, 2.05) is 21.1 Å². The third kappa shape index (κ3) is 49.5. The van der Waals surface area contributed by atoms with Crippen LogP contribution in [-0.2, 0) is 23.1 Å². The van der Waals surface area contributed by atoms with Crippen molar-refractivity contribution in [3.63, 3.8) is 0 Å². The summed E-state index contributed by atoms with van der Waals surface area (Å²) in [4.78, 5) is 21.7. The number of phosphoric ester groups is 1. The maximum atomic E-state index is 12.0. The number of carbonyl (C=O) groups excluding carboxylic acids is 1. The normalized spacial score (nSPS) is 13.8. The summed E-state index contributed by atoms with van der Waals surface area (Å²) >= 11 is 0. The van der Waals surface area contributed by atoms with Gasteiger partial charge in [-0.25, -0.2) is 4.57 Å². The van der Waals surface area contributed by atoms with E-state index >= 15 is 0 Å². The predicted octanol–water partition coefficient (Wildman–Crippen LogP) is 14.9. The highest BCUT2D eigenvalue weighted by atomic mass is 31.2. The summed E-state index contributed by atoms with van der Waals surface area (Å²) in [7, 11) is 1.57. The van der Waals surface area contributed by atoms with Crippen LogP contribution >= 0.6 is 7.82 Å². The predicted molar refractivity (Wildman–Crippen MR) is 252 cm³/mol. The molecule has 9 heteroatoms. The Hall–Kier alpha value is -1.02. The van der Waals surface area contributed by atoms with Crippen molar-refractivity contribution in [1.29, 1.82) is 0 Å². The first-order valence-electron chi connectivity index (χ1n) is 25.1. The number of nitrogens with zero attached hydrogens (tertiary/aromatic N) is 1. The average molecular weight is 857 g/mol. The molecule has 0 aromatic heterocycles. The van der Waals surface area contributed by atoms with Gasteiger partial charge in [0.2, 0.25) is 0 Å². The Morgan fingerprint density at radius 1 is 0.525 bits per heavy atom. The van der Waals surface area contributed by atoms with E-state index in [2.05, 4.69) is 31.2 Å². The summed E-state index contributed by atoms with van der Waals surface area (Å²) < 4.78 is 27.3. The molecule has 0 radical (unpaired) electrons. The number of esters is 1. The van der Waals surface area contributed by atoms with E-state index in [9.17, 15) is 19.4 Å². The Morgan fingerprint density at radius 3 is 1.25 bits per heavy atom. The van der Waals surface area contributed by atoms with Crippen molar-refractivity contribution in [1.82, 2.24) is 0 Å². The van der Waals surface area contributed by atoms with Crippen LogP contribution in [0.25, 0.3) is 0 Å². The molecule has 0 saturated carbocycles. The van der Waals surface area contributed by atoms with Crippen molar-refractivity contribution >= 4 is 13.8 Å². The van der Waals surface area contributed by atoms with Crippen LogP contribution in [0.2, 0.25) is 0 Å². The van der Waals surface area contributed by atoms with E-state index in [1.165, 1.54) is 199 Å². The minimum Gasteiger partial charge on any atom is -0.463 e. The molecule has 0 saturated heterocycles. The maximum Gasteiger partial charge on any atom is 0.472 e. The standard InChI is InChI=1S/C50H98NO7P/c1-5-6-7-8-9-10-11-12-13-14-15-16-17-18-19-20-21-22-23-24-25-26-27-28-29-30-31-32-33-34-35-36-37-38-39-40-41-42-43-44-50(53)56-47-49(52)48-58-59(54,55)57-46-45-51(2,3)4/h11-12,14-15,49,52H,5-10,13,16-48H2,1-4H3/p+1/b12-11-,15-14-. The lowest BCUT2D eigenvalue weighted by molar-refractivity contribution is -0.870. The van der Waals surface area contributed by atoms with Gasteiger partial charge in [-0.05, 0) is 38.5 Å². The lowest BCUT2D eigenvalue weighted by Crippen LogP contribution is -2.37. The molecule has 0 aliphatic heterocycles. The van der Waals surface area contributed by atoms with Gasteiger partial charge < -0.3 is 19.2 Å². The van der Waals surface area contributed by atoms with Gasteiger partial charge in [0.15, 0.2) is 0 Å². The molecule has 8 nitrogen and oxygen atoms in total. The van der Waals surface area contributed by atoms with E-state index in [1.54, 1.807) is 0 Å². The van der Waals surface area contributed by atoms with E-state index in [4.69, 9.17) is 13.8 Å².